The summed E-state index contributed by atoms with van der Waals surface area (Å²) >= 11 is 0. The Labute approximate surface area is 88.4 Å². The summed E-state index contributed by atoms with van der Waals surface area (Å²) in [5.41, 5.74) is 1.16. The minimum Gasteiger partial charge on any atom is -0.493 e. The molecular formula is C12H14N2O. The van der Waals surface area contributed by atoms with Crippen molar-refractivity contribution < 1.29 is 4.74 Å². The highest BCUT2D eigenvalue weighted by Gasteiger charge is 2.16. The van der Waals surface area contributed by atoms with E-state index in [4.69, 9.17) is 4.74 Å². The van der Waals surface area contributed by atoms with E-state index in [1.165, 1.54) is 5.39 Å². The summed E-state index contributed by atoms with van der Waals surface area (Å²) in [7, 11) is 0. The number of hydrogen-bond acceptors (Lipinski definition) is 2. The zero-order valence-corrected chi connectivity index (χ0v) is 8.49. The summed E-state index contributed by atoms with van der Waals surface area (Å²) in [6, 6.07) is 8.22. The highest BCUT2D eigenvalue weighted by Crippen LogP contribution is 2.20. The number of H-pyrrole nitrogens is 1. The van der Waals surface area contributed by atoms with Gasteiger partial charge in [0.25, 0.3) is 0 Å². The van der Waals surface area contributed by atoms with E-state index in [1.807, 2.05) is 12.3 Å². The van der Waals surface area contributed by atoms with Crippen LogP contribution in [0.4, 0.5) is 0 Å². The second kappa shape index (κ2) is 3.59. The second-order valence-corrected chi connectivity index (χ2v) is 4.06. The molecule has 1 aromatic heterocycles. The molecule has 78 valence electrons. The van der Waals surface area contributed by atoms with E-state index in [0.29, 0.717) is 5.92 Å². The molecule has 15 heavy (non-hydrogen) atoms. The average Bonchev–Trinajstić information content (AvgIpc) is 2.62. The topological polar surface area (TPSA) is 37.0 Å². The second-order valence-electron chi connectivity index (χ2n) is 4.06. The molecule has 1 fully saturated rings. The Balaban J connectivity index is 1.72. The summed E-state index contributed by atoms with van der Waals surface area (Å²) in [5, 5.41) is 4.45. The molecular weight excluding hydrogens is 188 g/mol. The van der Waals surface area contributed by atoms with Crippen LogP contribution in [0.2, 0.25) is 0 Å². The Morgan fingerprint density at radius 2 is 2.20 bits per heavy atom. The first-order chi connectivity index (χ1) is 7.42. The number of benzene rings is 1. The maximum Gasteiger partial charge on any atom is 0.120 e. The van der Waals surface area contributed by atoms with Crippen LogP contribution in [0.25, 0.3) is 10.9 Å². The molecule has 0 unspecified atom stereocenters. The highest BCUT2D eigenvalue weighted by atomic mass is 16.5. The minimum absolute atomic E-state index is 0.687. The fourth-order valence-electron chi connectivity index (χ4n) is 1.80. The van der Waals surface area contributed by atoms with Crippen molar-refractivity contribution >= 4 is 10.9 Å². The summed E-state index contributed by atoms with van der Waals surface area (Å²) < 4.78 is 5.73. The molecule has 2 aromatic rings. The van der Waals surface area contributed by atoms with Crippen molar-refractivity contribution in [2.24, 2.45) is 5.92 Å². The Morgan fingerprint density at radius 3 is 3.00 bits per heavy atom. The van der Waals surface area contributed by atoms with Gasteiger partial charge in [-0.05, 0) is 24.3 Å². The van der Waals surface area contributed by atoms with Crippen LogP contribution in [0.15, 0.2) is 30.5 Å². The minimum atomic E-state index is 0.687. The maximum atomic E-state index is 5.73. The zero-order chi connectivity index (χ0) is 10.1. The largest absolute Gasteiger partial charge is 0.493 e. The number of aromatic amines is 1. The molecule has 0 bridgehead atoms. The fourth-order valence-corrected chi connectivity index (χ4v) is 1.80. The number of nitrogens with one attached hydrogen (secondary N) is 2. The number of fused-ring (bicyclic) bond motifs is 1. The fraction of sp³-hybridized carbons (Fsp3) is 0.333. The molecule has 3 nitrogen and oxygen atoms in total. The normalized spacial score (nSPS) is 16.5. The van der Waals surface area contributed by atoms with Crippen LogP contribution < -0.4 is 10.1 Å². The highest BCUT2D eigenvalue weighted by molar-refractivity contribution is 5.80. The Bertz CT molecular complexity index is 459. The summed E-state index contributed by atoms with van der Waals surface area (Å²) in [6.45, 7) is 3.00. The molecule has 0 saturated carbocycles. The number of ether oxygens (including phenoxy) is 1. The number of aromatic nitrogens is 1. The predicted molar refractivity (Wildman–Crippen MR) is 60.2 cm³/mol. The quantitative estimate of drug-likeness (QED) is 0.795. The van der Waals surface area contributed by atoms with Gasteiger partial charge < -0.3 is 15.0 Å². The van der Waals surface area contributed by atoms with Crippen LogP contribution in [-0.4, -0.2) is 24.7 Å². The van der Waals surface area contributed by atoms with Crippen LogP contribution >= 0.6 is 0 Å². The van der Waals surface area contributed by atoms with Gasteiger partial charge in [-0.1, -0.05) is 0 Å². The first-order valence-electron chi connectivity index (χ1n) is 5.32. The van der Waals surface area contributed by atoms with Crippen molar-refractivity contribution in [3.63, 3.8) is 0 Å². The Morgan fingerprint density at radius 1 is 1.27 bits per heavy atom. The predicted octanol–water partition coefficient (Wildman–Crippen LogP) is 1.77. The van der Waals surface area contributed by atoms with Gasteiger partial charge in [0.05, 0.1) is 6.61 Å². The van der Waals surface area contributed by atoms with Gasteiger partial charge in [-0.2, -0.15) is 0 Å². The van der Waals surface area contributed by atoms with Crippen LogP contribution in [0.3, 0.4) is 0 Å². The van der Waals surface area contributed by atoms with Crippen molar-refractivity contribution in [1.29, 1.82) is 0 Å². The lowest BCUT2D eigenvalue weighted by Crippen LogP contribution is -2.45. The van der Waals surface area contributed by atoms with E-state index in [-0.39, 0.29) is 0 Å². The van der Waals surface area contributed by atoms with E-state index in [2.05, 4.69) is 28.5 Å². The van der Waals surface area contributed by atoms with Crippen molar-refractivity contribution in [2.45, 2.75) is 0 Å². The lowest BCUT2D eigenvalue weighted by molar-refractivity contribution is 0.199. The maximum absolute atomic E-state index is 5.73. The lowest BCUT2D eigenvalue weighted by Gasteiger charge is -2.26. The van der Waals surface area contributed by atoms with Gasteiger partial charge in [-0.15, -0.1) is 0 Å². The molecule has 2 heterocycles. The lowest BCUT2D eigenvalue weighted by atomic mass is 10.1. The number of hydrogen-bond donors (Lipinski definition) is 2. The molecule has 0 radical (unpaired) electrons. The van der Waals surface area contributed by atoms with E-state index >= 15 is 0 Å². The third-order valence-corrected chi connectivity index (χ3v) is 2.88. The Kier molecular flexibility index (Phi) is 2.10. The van der Waals surface area contributed by atoms with E-state index in [9.17, 15) is 0 Å². The van der Waals surface area contributed by atoms with Crippen LogP contribution in [0, 0.1) is 5.92 Å². The summed E-state index contributed by atoms with van der Waals surface area (Å²) in [5.74, 6) is 1.65. The third kappa shape index (κ3) is 1.70. The molecule has 0 atom stereocenters. The van der Waals surface area contributed by atoms with Crippen LogP contribution in [0.5, 0.6) is 5.75 Å². The van der Waals surface area contributed by atoms with Crippen molar-refractivity contribution in [3.8, 4) is 5.75 Å². The van der Waals surface area contributed by atoms with Gasteiger partial charge in [-0.3, -0.25) is 0 Å². The van der Waals surface area contributed by atoms with Gasteiger partial charge in [0.15, 0.2) is 0 Å². The zero-order valence-electron chi connectivity index (χ0n) is 8.49. The van der Waals surface area contributed by atoms with Crippen LogP contribution in [0.1, 0.15) is 0 Å². The van der Waals surface area contributed by atoms with Crippen molar-refractivity contribution in [2.75, 3.05) is 19.7 Å². The first-order valence-corrected chi connectivity index (χ1v) is 5.32. The van der Waals surface area contributed by atoms with Gasteiger partial charge >= 0.3 is 0 Å². The smallest absolute Gasteiger partial charge is 0.120 e. The van der Waals surface area contributed by atoms with Gasteiger partial charge in [-0.25, -0.2) is 0 Å². The van der Waals surface area contributed by atoms with Crippen molar-refractivity contribution in [3.05, 3.63) is 30.5 Å². The molecule has 1 saturated heterocycles. The van der Waals surface area contributed by atoms with E-state index in [1.54, 1.807) is 0 Å². The van der Waals surface area contributed by atoms with Gasteiger partial charge in [0, 0.05) is 36.1 Å². The van der Waals surface area contributed by atoms with Crippen LogP contribution in [-0.2, 0) is 0 Å². The SMILES string of the molecule is c1cc2cc(OCC3CNC3)ccc2[nH]1. The van der Waals surface area contributed by atoms with Crippen molar-refractivity contribution in [1.82, 2.24) is 10.3 Å². The standard InChI is InChI=1S/C12H14N2O/c1-2-12-10(3-4-14-12)5-11(1)15-8-9-6-13-7-9/h1-5,9,13-14H,6-8H2. The molecule has 2 N–H and O–H groups in total. The van der Waals surface area contributed by atoms with Gasteiger partial charge in [0.2, 0.25) is 0 Å². The van der Waals surface area contributed by atoms with E-state index < -0.39 is 0 Å². The molecule has 0 spiro atoms. The molecule has 0 amide bonds. The Hall–Kier alpha value is -1.48. The molecule has 3 heteroatoms. The third-order valence-electron chi connectivity index (χ3n) is 2.88. The summed E-state index contributed by atoms with van der Waals surface area (Å²) in [6.07, 6.45) is 1.95. The molecule has 1 aliphatic rings. The first kappa shape index (κ1) is 8.80. The van der Waals surface area contributed by atoms with E-state index in [0.717, 1.165) is 31.0 Å². The molecule has 1 aromatic carbocycles. The monoisotopic (exact) mass is 202 g/mol. The molecule has 1 aliphatic heterocycles. The molecule has 3 rings (SSSR count). The average molecular weight is 202 g/mol. The molecule has 0 aliphatic carbocycles. The van der Waals surface area contributed by atoms with Gasteiger partial charge in [0.1, 0.15) is 5.75 Å². The summed E-state index contributed by atoms with van der Waals surface area (Å²) in [4.78, 5) is 3.17. The number of rotatable bonds is 3.